The van der Waals surface area contributed by atoms with E-state index in [1.54, 1.807) is 6.07 Å². The van der Waals surface area contributed by atoms with Gasteiger partial charge in [-0.3, -0.25) is 14.5 Å². The molecule has 0 bridgehead atoms. The highest BCUT2D eigenvalue weighted by molar-refractivity contribution is 5.83. The predicted octanol–water partition coefficient (Wildman–Crippen LogP) is 3.63. The van der Waals surface area contributed by atoms with Crippen molar-refractivity contribution >= 4 is 16.9 Å². The fourth-order valence-corrected chi connectivity index (χ4v) is 3.23. The first kappa shape index (κ1) is 20.2. The molecular weight excluding hydrogens is 411 g/mol. The van der Waals surface area contributed by atoms with Crippen molar-refractivity contribution in [2.45, 2.75) is 25.7 Å². The molecule has 4 rings (SSSR count). The lowest BCUT2D eigenvalue weighted by Crippen LogP contribution is -2.56. The van der Waals surface area contributed by atoms with Crippen LogP contribution < -0.4 is 0 Å². The van der Waals surface area contributed by atoms with Gasteiger partial charge in [-0.1, -0.05) is 6.07 Å². The van der Waals surface area contributed by atoms with E-state index < -0.39 is 30.5 Å². The number of aromatic nitrogens is 3. The maximum absolute atomic E-state index is 13.6. The van der Waals surface area contributed by atoms with Gasteiger partial charge in [0.05, 0.1) is 23.4 Å². The summed E-state index contributed by atoms with van der Waals surface area (Å²) >= 11 is 0. The molecule has 11 heteroatoms. The van der Waals surface area contributed by atoms with Crippen molar-refractivity contribution in [3.05, 3.63) is 48.0 Å². The summed E-state index contributed by atoms with van der Waals surface area (Å²) in [6.07, 6.45) is -0.765. The Bertz CT molecular complexity index is 1080. The van der Waals surface area contributed by atoms with Gasteiger partial charge in [-0.05, 0) is 23.8 Å². The second kappa shape index (κ2) is 7.98. The minimum Gasteiger partial charge on any atom is -0.336 e. The van der Waals surface area contributed by atoms with Gasteiger partial charge < -0.3 is 9.64 Å². The Kier molecular flexibility index (Phi) is 5.37. The summed E-state index contributed by atoms with van der Waals surface area (Å²) in [5.41, 5.74) is 1.03. The summed E-state index contributed by atoms with van der Waals surface area (Å²) < 4.78 is 69.6. The van der Waals surface area contributed by atoms with E-state index in [1.165, 1.54) is 28.0 Å². The number of carbonyl (C=O) groups excluding carboxylic acids is 1. The molecule has 6 nitrogen and oxygen atoms in total. The molecule has 30 heavy (non-hydrogen) atoms. The molecular formula is C19H15F5N4O2. The number of nitrogens with zero attached hydrogens (tertiary/aromatic N) is 4. The molecule has 0 spiro atoms. The van der Waals surface area contributed by atoms with Crippen molar-refractivity contribution in [2.75, 3.05) is 13.1 Å². The SMILES string of the molecule is O=C(Cn1ncc2ncc(-c3ccc(F)c(C(F)F)c3)cc21)N1CC(OC(F)F)C1. The summed E-state index contributed by atoms with van der Waals surface area (Å²) in [7, 11) is 0. The van der Waals surface area contributed by atoms with Crippen molar-refractivity contribution in [3.8, 4) is 11.1 Å². The van der Waals surface area contributed by atoms with E-state index in [0.29, 0.717) is 22.2 Å². The number of pyridine rings is 1. The molecule has 1 aliphatic rings. The van der Waals surface area contributed by atoms with Crippen LogP contribution in [0.25, 0.3) is 22.2 Å². The summed E-state index contributed by atoms with van der Waals surface area (Å²) in [5, 5.41) is 4.11. The zero-order chi connectivity index (χ0) is 21.4. The van der Waals surface area contributed by atoms with E-state index in [1.807, 2.05) is 0 Å². The lowest BCUT2D eigenvalue weighted by Gasteiger charge is -2.38. The van der Waals surface area contributed by atoms with Crippen LogP contribution in [0.2, 0.25) is 0 Å². The van der Waals surface area contributed by atoms with Gasteiger partial charge in [-0.15, -0.1) is 0 Å². The van der Waals surface area contributed by atoms with Gasteiger partial charge in [0.2, 0.25) is 5.91 Å². The Morgan fingerprint density at radius 3 is 2.60 bits per heavy atom. The summed E-state index contributed by atoms with van der Waals surface area (Å²) in [4.78, 5) is 17.9. The highest BCUT2D eigenvalue weighted by atomic mass is 19.3. The number of halogens is 5. The maximum atomic E-state index is 13.6. The average molecular weight is 426 g/mol. The molecule has 0 N–H and O–H groups in total. The van der Waals surface area contributed by atoms with Gasteiger partial charge in [-0.2, -0.15) is 13.9 Å². The fraction of sp³-hybridized carbons (Fsp3) is 0.316. The normalized spacial score (nSPS) is 14.7. The Hall–Kier alpha value is -3.08. The number of rotatable bonds is 6. The molecule has 0 unspecified atom stereocenters. The number of benzene rings is 1. The van der Waals surface area contributed by atoms with Crippen LogP contribution in [0.1, 0.15) is 12.0 Å². The van der Waals surface area contributed by atoms with E-state index in [2.05, 4.69) is 14.8 Å². The third-order valence-electron chi connectivity index (χ3n) is 4.84. The van der Waals surface area contributed by atoms with Crippen LogP contribution in [-0.4, -0.2) is 51.4 Å². The summed E-state index contributed by atoms with van der Waals surface area (Å²) in [5.74, 6) is -1.33. The van der Waals surface area contributed by atoms with E-state index >= 15 is 0 Å². The molecule has 1 aromatic carbocycles. The molecule has 0 atom stereocenters. The van der Waals surface area contributed by atoms with Crippen molar-refractivity contribution in [2.24, 2.45) is 0 Å². The fourth-order valence-electron chi connectivity index (χ4n) is 3.23. The molecule has 0 radical (unpaired) electrons. The number of ether oxygens (including phenoxy) is 1. The van der Waals surface area contributed by atoms with Crippen molar-refractivity contribution in [1.29, 1.82) is 0 Å². The Morgan fingerprint density at radius 1 is 1.13 bits per heavy atom. The largest absolute Gasteiger partial charge is 0.345 e. The second-order valence-corrected chi connectivity index (χ2v) is 6.79. The third kappa shape index (κ3) is 3.97. The van der Waals surface area contributed by atoms with Crippen LogP contribution in [0, 0.1) is 5.82 Å². The first-order chi connectivity index (χ1) is 14.3. The number of amides is 1. The van der Waals surface area contributed by atoms with E-state index in [0.717, 1.165) is 12.1 Å². The number of likely N-dealkylation sites (tertiary alicyclic amines) is 1. The quantitative estimate of drug-likeness (QED) is 0.565. The number of fused-ring (bicyclic) bond motifs is 1. The molecule has 2 aromatic heterocycles. The standard InChI is InChI=1S/C19H15F5N4O2/c20-14-2-1-10(3-13(14)18(21)22)11-4-16-15(25-5-11)6-26-28(16)9-17(29)27-7-12(8-27)30-19(23)24/h1-6,12,18-19H,7-9H2. The second-order valence-electron chi connectivity index (χ2n) is 6.79. The molecule has 0 aliphatic carbocycles. The number of carbonyl (C=O) groups is 1. The van der Waals surface area contributed by atoms with Crippen molar-refractivity contribution in [3.63, 3.8) is 0 Å². The van der Waals surface area contributed by atoms with Gasteiger partial charge in [-0.25, -0.2) is 13.2 Å². The van der Waals surface area contributed by atoms with Gasteiger partial charge in [0.15, 0.2) is 0 Å². The van der Waals surface area contributed by atoms with Crippen molar-refractivity contribution in [1.82, 2.24) is 19.7 Å². The Morgan fingerprint density at radius 2 is 1.90 bits per heavy atom. The highest BCUT2D eigenvalue weighted by Crippen LogP contribution is 2.29. The summed E-state index contributed by atoms with van der Waals surface area (Å²) in [6.45, 7) is -2.90. The minimum absolute atomic E-state index is 0.0673. The van der Waals surface area contributed by atoms with Crippen LogP contribution in [0.5, 0.6) is 0 Å². The molecule has 1 fully saturated rings. The maximum Gasteiger partial charge on any atom is 0.345 e. The minimum atomic E-state index is -2.96. The first-order valence-corrected chi connectivity index (χ1v) is 8.92. The number of hydrogen-bond donors (Lipinski definition) is 0. The molecule has 1 amide bonds. The van der Waals surface area contributed by atoms with Crippen LogP contribution >= 0.6 is 0 Å². The third-order valence-corrected chi connectivity index (χ3v) is 4.84. The topological polar surface area (TPSA) is 60.2 Å². The van der Waals surface area contributed by atoms with E-state index in [4.69, 9.17) is 0 Å². The molecule has 3 heterocycles. The van der Waals surface area contributed by atoms with Gasteiger partial charge in [0.1, 0.15) is 17.9 Å². The van der Waals surface area contributed by atoms with E-state index in [9.17, 15) is 26.7 Å². The zero-order valence-corrected chi connectivity index (χ0v) is 15.3. The van der Waals surface area contributed by atoms with Crippen LogP contribution in [0.15, 0.2) is 36.7 Å². The van der Waals surface area contributed by atoms with Gasteiger partial charge in [0, 0.05) is 24.8 Å². The summed E-state index contributed by atoms with van der Waals surface area (Å²) in [6, 6.07) is 4.99. The number of hydrogen-bond acceptors (Lipinski definition) is 4. The van der Waals surface area contributed by atoms with Gasteiger partial charge in [0.25, 0.3) is 6.43 Å². The molecule has 158 valence electrons. The molecule has 1 aliphatic heterocycles. The molecule has 3 aromatic rings. The average Bonchev–Trinajstić information content (AvgIpc) is 3.06. The lowest BCUT2D eigenvalue weighted by molar-refractivity contribution is -0.199. The van der Waals surface area contributed by atoms with Crippen molar-refractivity contribution < 1.29 is 31.5 Å². The van der Waals surface area contributed by atoms with Crippen LogP contribution in [0.4, 0.5) is 22.0 Å². The smallest absolute Gasteiger partial charge is 0.336 e. The monoisotopic (exact) mass is 426 g/mol. The van der Waals surface area contributed by atoms with Gasteiger partial charge >= 0.3 is 6.61 Å². The zero-order valence-electron chi connectivity index (χ0n) is 15.3. The Balaban J connectivity index is 1.54. The first-order valence-electron chi connectivity index (χ1n) is 8.92. The number of alkyl halides is 4. The molecule has 1 saturated heterocycles. The van der Waals surface area contributed by atoms with E-state index in [-0.39, 0.29) is 25.5 Å². The molecule has 0 saturated carbocycles. The Labute approximate surface area is 166 Å². The highest BCUT2D eigenvalue weighted by Gasteiger charge is 2.33. The van der Waals surface area contributed by atoms with Crippen LogP contribution in [0.3, 0.4) is 0 Å². The predicted molar refractivity (Wildman–Crippen MR) is 95.3 cm³/mol. The van der Waals surface area contributed by atoms with Crippen LogP contribution in [-0.2, 0) is 16.1 Å². The lowest BCUT2D eigenvalue weighted by atomic mass is 10.0.